The Morgan fingerprint density at radius 3 is 2.75 bits per heavy atom. The molecule has 0 atom stereocenters. The highest BCUT2D eigenvalue weighted by Gasteiger charge is 2.04. The van der Waals surface area contributed by atoms with Crippen LogP contribution in [0.2, 0.25) is 5.02 Å². The molecule has 3 nitrogen and oxygen atoms in total. The van der Waals surface area contributed by atoms with Gasteiger partial charge in [0, 0.05) is 5.03 Å². The number of hydrogen-bond acceptors (Lipinski definition) is 2. The number of carbonyl (C=O) groups excluding carboxylic acids is 1. The van der Waals surface area contributed by atoms with E-state index in [1.165, 1.54) is 0 Å². The van der Waals surface area contributed by atoms with Crippen LogP contribution >= 0.6 is 23.2 Å². The molecule has 1 N–H and O–H groups in total. The van der Waals surface area contributed by atoms with Crippen molar-refractivity contribution in [1.29, 1.82) is 0 Å². The van der Waals surface area contributed by atoms with Gasteiger partial charge in [-0.25, -0.2) is 0 Å². The molecule has 0 saturated heterocycles. The molecule has 5 heteroatoms. The van der Waals surface area contributed by atoms with Gasteiger partial charge in [-0.2, -0.15) is 0 Å². The van der Waals surface area contributed by atoms with Crippen LogP contribution in [-0.2, 0) is 4.79 Å². The first kappa shape index (κ1) is 12.9. The topological polar surface area (TPSA) is 38.3 Å². The van der Waals surface area contributed by atoms with Crippen molar-refractivity contribution in [3.05, 3.63) is 40.9 Å². The van der Waals surface area contributed by atoms with E-state index >= 15 is 0 Å². The molecule has 0 bridgehead atoms. The van der Waals surface area contributed by atoms with Gasteiger partial charge in [0.2, 0.25) is 0 Å². The molecule has 0 heterocycles. The summed E-state index contributed by atoms with van der Waals surface area (Å²) in [4.78, 5) is 11.3. The molecular formula is C11H11Cl2NO2. The minimum atomic E-state index is -0.276. The van der Waals surface area contributed by atoms with Crippen molar-refractivity contribution in [2.45, 2.75) is 0 Å². The molecule has 0 radical (unpaired) electrons. The zero-order valence-corrected chi connectivity index (χ0v) is 10.0. The average molecular weight is 260 g/mol. The number of para-hydroxylation sites is 1. The van der Waals surface area contributed by atoms with Gasteiger partial charge in [0.1, 0.15) is 5.75 Å². The fraction of sp³-hybridized carbons (Fsp3) is 0.182. The van der Waals surface area contributed by atoms with Crippen molar-refractivity contribution in [1.82, 2.24) is 5.32 Å². The molecule has 0 fully saturated rings. The number of amides is 1. The predicted octanol–water partition coefficient (Wildman–Crippen LogP) is 2.59. The van der Waals surface area contributed by atoms with Gasteiger partial charge in [-0.05, 0) is 12.1 Å². The van der Waals surface area contributed by atoms with Gasteiger partial charge in [0.15, 0.2) is 6.61 Å². The van der Waals surface area contributed by atoms with Crippen LogP contribution in [0.25, 0.3) is 0 Å². The molecular weight excluding hydrogens is 249 g/mol. The minimum absolute atomic E-state index is 0.103. The quantitative estimate of drug-likeness (QED) is 0.883. The molecule has 0 aliphatic carbocycles. The summed E-state index contributed by atoms with van der Waals surface area (Å²) < 4.78 is 5.21. The summed E-state index contributed by atoms with van der Waals surface area (Å²) in [7, 11) is 0. The van der Waals surface area contributed by atoms with Crippen LogP contribution in [0.4, 0.5) is 0 Å². The van der Waals surface area contributed by atoms with Crippen LogP contribution in [0.15, 0.2) is 35.9 Å². The van der Waals surface area contributed by atoms with Crippen molar-refractivity contribution in [2.24, 2.45) is 0 Å². The fourth-order valence-corrected chi connectivity index (χ4v) is 1.21. The second kappa shape index (κ2) is 6.40. The third-order valence-corrected chi connectivity index (χ3v) is 2.12. The summed E-state index contributed by atoms with van der Waals surface area (Å²) in [5.74, 6) is 0.200. The van der Waals surface area contributed by atoms with Crippen molar-refractivity contribution >= 4 is 29.1 Å². The Kier molecular flexibility index (Phi) is 5.15. The lowest BCUT2D eigenvalue weighted by Crippen LogP contribution is -2.29. The molecule has 1 aromatic rings. The van der Waals surface area contributed by atoms with E-state index in [2.05, 4.69) is 11.9 Å². The lowest BCUT2D eigenvalue weighted by molar-refractivity contribution is -0.122. The highest BCUT2D eigenvalue weighted by molar-refractivity contribution is 6.32. The summed E-state index contributed by atoms with van der Waals surface area (Å²) in [5, 5.41) is 3.37. The molecule has 0 saturated carbocycles. The average Bonchev–Trinajstić information content (AvgIpc) is 2.25. The van der Waals surface area contributed by atoms with E-state index in [9.17, 15) is 4.79 Å². The Labute approximate surface area is 104 Å². The highest BCUT2D eigenvalue weighted by atomic mass is 35.5. The second-order valence-corrected chi connectivity index (χ2v) is 3.95. The summed E-state index contributed by atoms with van der Waals surface area (Å²) in [5.41, 5.74) is 0. The number of hydrogen-bond donors (Lipinski definition) is 1. The van der Waals surface area contributed by atoms with Crippen LogP contribution in [-0.4, -0.2) is 19.1 Å². The molecule has 0 spiro atoms. The lowest BCUT2D eigenvalue weighted by Gasteiger charge is -2.07. The summed E-state index contributed by atoms with van der Waals surface area (Å²) in [6.45, 7) is 3.57. The Bertz CT molecular complexity index is 393. The van der Waals surface area contributed by atoms with E-state index in [1.54, 1.807) is 24.3 Å². The van der Waals surface area contributed by atoms with Gasteiger partial charge in [-0.1, -0.05) is 41.9 Å². The second-order valence-electron chi connectivity index (χ2n) is 3.01. The molecule has 0 unspecified atom stereocenters. The van der Waals surface area contributed by atoms with Crippen LogP contribution < -0.4 is 10.1 Å². The normalized spacial score (nSPS) is 9.62. The van der Waals surface area contributed by atoms with Crippen LogP contribution in [0.1, 0.15) is 0 Å². The maximum Gasteiger partial charge on any atom is 0.258 e. The van der Waals surface area contributed by atoms with Crippen LogP contribution in [0.3, 0.4) is 0 Å². The molecule has 1 rings (SSSR count). The number of nitrogens with one attached hydrogen (secondary N) is 1. The zero-order valence-electron chi connectivity index (χ0n) is 8.50. The largest absolute Gasteiger partial charge is 0.482 e. The van der Waals surface area contributed by atoms with Gasteiger partial charge in [-0.15, -0.1) is 0 Å². The van der Waals surface area contributed by atoms with Gasteiger partial charge >= 0.3 is 0 Å². The van der Waals surface area contributed by atoms with Gasteiger partial charge in [0.25, 0.3) is 5.91 Å². The first-order valence-corrected chi connectivity index (χ1v) is 5.32. The predicted molar refractivity (Wildman–Crippen MR) is 64.9 cm³/mol. The molecule has 1 aromatic carbocycles. The first-order valence-electron chi connectivity index (χ1n) is 4.57. The summed E-state index contributed by atoms with van der Waals surface area (Å²) >= 11 is 11.3. The standard InChI is InChI=1S/C11H11Cl2NO2/c1-8(12)6-14-11(15)7-16-10-5-3-2-4-9(10)13/h2-5H,1,6-7H2,(H,14,15). The molecule has 0 aliphatic heterocycles. The number of carbonyl (C=O) groups is 1. The number of halogens is 2. The van der Waals surface area contributed by atoms with E-state index in [1.807, 2.05) is 0 Å². The highest BCUT2D eigenvalue weighted by Crippen LogP contribution is 2.22. The molecule has 0 aromatic heterocycles. The van der Waals surface area contributed by atoms with E-state index in [0.717, 1.165) is 0 Å². The van der Waals surface area contributed by atoms with Crippen molar-refractivity contribution < 1.29 is 9.53 Å². The Hall–Kier alpha value is -1.19. The molecule has 0 aliphatic rings. The zero-order chi connectivity index (χ0) is 12.0. The van der Waals surface area contributed by atoms with Gasteiger partial charge < -0.3 is 10.1 Å². The fourth-order valence-electron chi connectivity index (χ4n) is 0.951. The molecule has 16 heavy (non-hydrogen) atoms. The van der Waals surface area contributed by atoms with Crippen molar-refractivity contribution in [3.63, 3.8) is 0 Å². The maximum atomic E-state index is 11.3. The van der Waals surface area contributed by atoms with Gasteiger partial charge in [-0.3, -0.25) is 4.79 Å². The summed E-state index contributed by atoms with van der Waals surface area (Å²) in [6.07, 6.45) is 0. The third-order valence-electron chi connectivity index (χ3n) is 1.67. The smallest absolute Gasteiger partial charge is 0.258 e. The van der Waals surface area contributed by atoms with Crippen molar-refractivity contribution in [2.75, 3.05) is 13.2 Å². The Balaban J connectivity index is 2.37. The van der Waals surface area contributed by atoms with Crippen molar-refractivity contribution in [3.8, 4) is 5.75 Å². The lowest BCUT2D eigenvalue weighted by atomic mass is 10.3. The van der Waals surface area contributed by atoms with E-state index in [0.29, 0.717) is 15.8 Å². The Morgan fingerprint density at radius 2 is 2.12 bits per heavy atom. The van der Waals surface area contributed by atoms with Crippen LogP contribution in [0, 0.1) is 0 Å². The maximum absolute atomic E-state index is 11.3. The molecule has 86 valence electrons. The van der Waals surface area contributed by atoms with Crippen LogP contribution in [0.5, 0.6) is 5.75 Å². The minimum Gasteiger partial charge on any atom is -0.482 e. The van der Waals surface area contributed by atoms with Gasteiger partial charge in [0.05, 0.1) is 11.6 Å². The number of benzene rings is 1. The SMILES string of the molecule is C=C(Cl)CNC(=O)COc1ccccc1Cl. The first-order chi connectivity index (χ1) is 7.59. The van der Waals surface area contributed by atoms with E-state index < -0.39 is 0 Å². The van der Waals surface area contributed by atoms with E-state index in [4.69, 9.17) is 27.9 Å². The molecule has 1 amide bonds. The van der Waals surface area contributed by atoms with E-state index in [-0.39, 0.29) is 19.1 Å². The monoisotopic (exact) mass is 259 g/mol. The summed E-state index contributed by atoms with van der Waals surface area (Å²) in [6, 6.07) is 6.94. The number of ether oxygens (including phenoxy) is 1. The number of rotatable bonds is 5. The Morgan fingerprint density at radius 1 is 1.44 bits per heavy atom. The third kappa shape index (κ3) is 4.55.